The molecule has 1 heterocycles. The Balaban J connectivity index is 1.73. The fraction of sp³-hybridized carbons (Fsp3) is 0.214. The number of benzene rings is 1. The number of hydrogen-bond acceptors (Lipinski definition) is 2. The van der Waals surface area contributed by atoms with Crippen molar-refractivity contribution >= 4 is 15.9 Å². The summed E-state index contributed by atoms with van der Waals surface area (Å²) in [6.07, 6.45) is 4.74. The molecule has 0 atom stereocenters. The molecule has 0 saturated heterocycles. The summed E-state index contributed by atoms with van der Waals surface area (Å²) in [5.74, 6) is 0. The van der Waals surface area contributed by atoms with Gasteiger partial charge in [-0.15, -0.1) is 0 Å². The fourth-order valence-corrected chi connectivity index (χ4v) is 2.11. The first-order valence-electron chi connectivity index (χ1n) is 5.68. The SMILES string of the molecule is Brc1cccc(CNCCc2cccnc2)c1. The minimum atomic E-state index is 0.902. The van der Waals surface area contributed by atoms with Crippen LogP contribution in [-0.2, 0) is 13.0 Å². The highest BCUT2D eigenvalue weighted by Gasteiger charge is 1.95. The molecule has 1 N–H and O–H groups in total. The van der Waals surface area contributed by atoms with Gasteiger partial charge in [0, 0.05) is 23.4 Å². The second kappa shape index (κ2) is 6.52. The van der Waals surface area contributed by atoms with E-state index in [1.165, 1.54) is 11.1 Å². The van der Waals surface area contributed by atoms with Crippen molar-refractivity contribution in [1.82, 2.24) is 10.3 Å². The monoisotopic (exact) mass is 290 g/mol. The molecule has 0 unspecified atom stereocenters. The van der Waals surface area contributed by atoms with Crippen molar-refractivity contribution in [1.29, 1.82) is 0 Å². The van der Waals surface area contributed by atoms with Gasteiger partial charge < -0.3 is 5.32 Å². The highest BCUT2D eigenvalue weighted by Crippen LogP contribution is 2.11. The molecule has 0 spiro atoms. The molecule has 0 saturated carbocycles. The van der Waals surface area contributed by atoms with Crippen molar-refractivity contribution in [2.75, 3.05) is 6.54 Å². The lowest BCUT2D eigenvalue weighted by atomic mass is 10.2. The molecule has 0 aliphatic rings. The molecular formula is C14H15BrN2. The predicted octanol–water partition coefficient (Wildman–Crippen LogP) is 3.18. The molecule has 0 bridgehead atoms. The smallest absolute Gasteiger partial charge is 0.0300 e. The summed E-state index contributed by atoms with van der Waals surface area (Å²) in [7, 11) is 0. The van der Waals surface area contributed by atoms with Crippen LogP contribution in [0, 0.1) is 0 Å². The van der Waals surface area contributed by atoms with E-state index in [9.17, 15) is 0 Å². The van der Waals surface area contributed by atoms with Crippen LogP contribution < -0.4 is 5.32 Å². The van der Waals surface area contributed by atoms with Crippen molar-refractivity contribution in [3.63, 3.8) is 0 Å². The van der Waals surface area contributed by atoms with E-state index in [0.29, 0.717) is 0 Å². The van der Waals surface area contributed by atoms with Gasteiger partial charge >= 0.3 is 0 Å². The zero-order valence-corrected chi connectivity index (χ0v) is 11.2. The minimum Gasteiger partial charge on any atom is -0.312 e. The topological polar surface area (TPSA) is 24.9 Å². The Labute approximate surface area is 110 Å². The van der Waals surface area contributed by atoms with Gasteiger partial charge in [0.15, 0.2) is 0 Å². The van der Waals surface area contributed by atoms with Crippen LogP contribution in [0.4, 0.5) is 0 Å². The van der Waals surface area contributed by atoms with Gasteiger partial charge in [0.2, 0.25) is 0 Å². The third kappa shape index (κ3) is 4.29. The largest absolute Gasteiger partial charge is 0.312 e. The molecule has 0 amide bonds. The Morgan fingerprint density at radius 2 is 2.00 bits per heavy atom. The maximum Gasteiger partial charge on any atom is 0.0300 e. The number of halogens is 1. The highest BCUT2D eigenvalue weighted by atomic mass is 79.9. The van der Waals surface area contributed by atoms with Crippen LogP contribution in [-0.4, -0.2) is 11.5 Å². The third-order valence-electron chi connectivity index (χ3n) is 2.53. The summed E-state index contributed by atoms with van der Waals surface area (Å²) >= 11 is 3.47. The normalized spacial score (nSPS) is 10.4. The molecule has 0 aliphatic heterocycles. The molecular weight excluding hydrogens is 276 g/mol. The van der Waals surface area contributed by atoms with Crippen LogP contribution in [0.2, 0.25) is 0 Å². The van der Waals surface area contributed by atoms with E-state index in [2.05, 4.69) is 50.5 Å². The average Bonchev–Trinajstić information content (AvgIpc) is 2.36. The zero-order chi connectivity index (χ0) is 11.9. The van der Waals surface area contributed by atoms with Gasteiger partial charge in [-0.3, -0.25) is 4.98 Å². The van der Waals surface area contributed by atoms with Crippen LogP contribution in [0.3, 0.4) is 0 Å². The summed E-state index contributed by atoms with van der Waals surface area (Å²) in [6.45, 7) is 1.87. The molecule has 1 aromatic heterocycles. The quantitative estimate of drug-likeness (QED) is 0.856. The van der Waals surface area contributed by atoms with E-state index >= 15 is 0 Å². The summed E-state index contributed by atoms with van der Waals surface area (Å²) in [6, 6.07) is 12.4. The minimum absolute atomic E-state index is 0.902. The van der Waals surface area contributed by atoms with Crippen LogP contribution in [0.25, 0.3) is 0 Å². The van der Waals surface area contributed by atoms with Crippen molar-refractivity contribution in [3.8, 4) is 0 Å². The standard InChI is InChI=1S/C14H15BrN2/c15-14-5-1-3-13(9-14)11-17-8-6-12-4-2-7-16-10-12/h1-5,7,9-10,17H,6,8,11H2. The molecule has 17 heavy (non-hydrogen) atoms. The predicted molar refractivity (Wildman–Crippen MR) is 73.8 cm³/mol. The Morgan fingerprint density at radius 1 is 1.12 bits per heavy atom. The second-order valence-corrected chi connectivity index (χ2v) is 4.83. The van der Waals surface area contributed by atoms with Gasteiger partial charge in [-0.05, 0) is 42.3 Å². The Bertz CT molecular complexity index is 457. The average molecular weight is 291 g/mol. The molecule has 2 rings (SSSR count). The molecule has 0 aliphatic carbocycles. The van der Waals surface area contributed by atoms with Gasteiger partial charge in [0.1, 0.15) is 0 Å². The first-order chi connectivity index (χ1) is 8.34. The lowest BCUT2D eigenvalue weighted by Gasteiger charge is -2.05. The summed E-state index contributed by atoms with van der Waals surface area (Å²) in [5.41, 5.74) is 2.57. The van der Waals surface area contributed by atoms with Gasteiger partial charge in [0.05, 0.1) is 0 Å². The summed E-state index contributed by atoms with van der Waals surface area (Å²) < 4.78 is 1.13. The zero-order valence-electron chi connectivity index (χ0n) is 9.57. The van der Waals surface area contributed by atoms with E-state index in [4.69, 9.17) is 0 Å². The van der Waals surface area contributed by atoms with Crippen LogP contribution in [0.15, 0.2) is 53.3 Å². The maximum absolute atomic E-state index is 4.10. The molecule has 0 radical (unpaired) electrons. The first-order valence-corrected chi connectivity index (χ1v) is 6.48. The van der Waals surface area contributed by atoms with E-state index in [-0.39, 0.29) is 0 Å². The van der Waals surface area contributed by atoms with Crippen LogP contribution >= 0.6 is 15.9 Å². The van der Waals surface area contributed by atoms with Crippen molar-refractivity contribution < 1.29 is 0 Å². The van der Waals surface area contributed by atoms with Crippen LogP contribution in [0.5, 0.6) is 0 Å². The highest BCUT2D eigenvalue weighted by molar-refractivity contribution is 9.10. The lowest BCUT2D eigenvalue weighted by Crippen LogP contribution is -2.16. The number of rotatable bonds is 5. The maximum atomic E-state index is 4.10. The second-order valence-electron chi connectivity index (χ2n) is 3.92. The van der Waals surface area contributed by atoms with Crippen molar-refractivity contribution in [2.45, 2.75) is 13.0 Å². The van der Waals surface area contributed by atoms with Crippen molar-refractivity contribution in [3.05, 3.63) is 64.4 Å². The molecule has 0 fully saturated rings. The van der Waals surface area contributed by atoms with Crippen LogP contribution in [0.1, 0.15) is 11.1 Å². The van der Waals surface area contributed by atoms with Gasteiger partial charge in [-0.2, -0.15) is 0 Å². The molecule has 2 nitrogen and oxygen atoms in total. The van der Waals surface area contributed by atoms with E-state index in [0.717, 1.165) is 24.0 Å². The van der Waals surface area contributed by atoms with Gasteiger partial charge in [-0.25, -0.2) is 0 Å². The van der Waals surface area contributed by atoms with Crippen molar-refractivity contribution in [2.24, 2.45) is 0 Å². The number of nitrogens with zero attached hydrogens (tertiary/aromatic N) is 1. The molecule has 88 valence electrons. The first kappa shape index (κ1) is 12.3. The number of hydrogen-bond donors (Lipinski definition) is 1. The number of nitrogens with one attached hydrogen (secondary N) is 1. The molecule has 3 heteroatoms. The Morgan fingerprint density at radius 3 is 2.76 bits per heavy atom. The van der Waals surface area contributed by atoms with E-state index in [1.807, 2.05) is 18.3 Å². The van der Waals surface area contributed by atoms with E-state index < -0.39 is 0 Å². The fourth-order valence-electron chi connectivity index (χ4n) is 1.66. The Kier molecular flexibility index (Phi) is 4.71. The summed E-state index contributed by atoms with van der Waals surface area (Å²) in [5, 5.41) is 3.43. The van der Waals surface area contributed by atoms with Gasteiger partial charge in [0.25, 0.3) is 0 Å². The Hall–Kier alpha value is -1.19. The van der Waals surface area contributed by atoms with E-state index in [1.54, 1.807) is 6.20 Å². The molecule has 1 aromatic carbocycles. The number of pyridine rings is 1. The molecule has 2 aromatic rings. The summed E-state index contributed by atoms with van der Waals surface area (Å²) in [4.78, 5) is 4.10. The van der Waals surface area contributed by atoms with Gasteiger partial charge in [-0.1, -0.05) is 34.1 Å². The number of aromatic nitrogens is 1. The third-order valence-corrected chi connectivity index (χ3v) is 3.02. The lowest BCUT2D eigenvalue weighted by molar-refractivity contribution is 0.686.